The van der Waals surface area contributed by atoms with Gasteiger partial charge in [0, 0.05) is 13.2 Å². The van der Waals surface area contributed by atoms with Crippen LogP contribution in [0.5, 0.6) is 5.75 Å². The van der Waals surface area contributed by atoms with Gasteiger partial charge in [-0.15, -0.1) is 0 Å². The molecule has 0 aromatic heterocycles. The average Bonchev–Trinajstić information content (AvgIpc) is 2.77. The molecule has 1 aromatic rings. The second kappa shape index (κ2) is 8.76. The van der Waals surface area contributed by atoms with Gasteiger partial charge in [-0.3, -0.25) is 0 Å². The maximum absolute atomic E-state index is 6.50. The van der Waals surface area contributed by atoms with Gasteiger partial charge in [0.1, 0.15) is 12.4 Å². The molecule has 1 atom stereocenters. The highest BCUT2D eigenvalue weighted by Gasteiger charge is 2.21. The van der Waals surface area contributed by atoms with Crippen molar-refractivity contribution in [2.45, 2.75) is 44.6 Å². The van der Waals surface area contributed by atoms with Gasteiger partial charge in [-0.05, 0) is 52.4 Å². The van der Waals surface area contributed by atoms with E-state index < -0.39 is 0 Å². The van der Waals surface area contributed by atoms with Gasteiger partial charge in [-0.2, -0.15) is 0 Å². The molecule has 1 saturated carbocycles. The standard InChI is InChI=1S/C17H26BrNO2/c1-20-10-11-21-16-9-8-14(12-15(16)18)17(19)13-6-4-2-3-5-7-13/h8-9,12-13,17H,2-7,10-11,19H2,1H3. The number of hydrogen-bond acceptors (Lipinski definition) is 3. The number of methoxy groups -OCH3 is 1. The zero-order chi connectivity index (χ0) is 15.1. The third-order valence-corrected chi connectivity index (χ3v) is 4.91. The summed E-state index contributed by atoms with van der Waals surface area (Å²) in [6.07, 6.45) is 7.86. The van der Waals surface area contributed by atoms with Gasteiger partial charge < -0.3 is 15.2 Å². The highest BCUT2D eigenvalue weighted by Crippen LogP contribution is 2.35. The van der Waals surface area contributed by atoms with Crippen molar-refractivity contribution >= 4 is 15.9 Å². The van der Waals surface area contributed by atoms with Crippen LogP contribution in [0.1, 0.15) is 50.1 Å². The van der Waals surface area contributed by atoms with Gasteiger partial charge in [-0.1, -0.05) is 31.7 Å². The highest BCUT2D eigenvalue weighted by atomic mass is 79.9. The first-order chi connectivity index (χ1) is 10.2. The number of benzene rings is 1. The van der Waals surface area contributed by atoms with Crippen LogP contribution in [-0.2, 0) is 4.74 Å². The summed E-state index contributed by atoms with van der Waals surface area (Å²) in [5, 5.41) is 0. The Bertz CT molecular complexity index is 431. The molecule has 0 saturated heterocycles. The molecule has 4 heteroatoms. The van der Waals surface area contributed by atoms with Crippen LogP contribution in [0, 0.1) is 5.92 Å². The van der Waals surface area contributed by atoms with E-state index in [0.29, 0.717) is 19.1 Å². The molecule has 1 fully saturated rings. The van der Waals surface area contributed by atoms with Crippen LogP contribution in [0.15, 0.2) is 22.7 Å². The summed E-state index contributed by atoms with van der Waals surface area (Å²) in [5.74, 6) is 1.46. The van der Waals surface area contributed by atoms with Gasteiger partial charge in [0.15, 0.2) is 0 Å². The number of rotatable bonds is 6. The zero-order valence-electron chi connectivity index (χ0n) is 12.8. The summed E-state index contributed by atoms with van der Waals surface area (Å²) in [6.45, 7) is 1.15. The van der Waals surface area contributed by atoms with E-state index in [0.717, 1.165) is 10.2 Å². The smallest absolute Gasteiger partial charge is 0.133 e. The summed E-state index contributed by atoms with van der Waals surface area (Å²) in [5.41, 5.74) is 7.70. The third-order valence-electron chi connectivity index (χ3n) is 4.29. The second-order valence-electron chi connectivity index (χ2n) is 5.81. The van der Waals surface area contributed by atoms with Crippen LogP contribution < -0.4 is 10.5 Å². The van der Waals surface area contributed by atoms with Gasteiger partial charge in [0.05, 0.1) is 11.1 Å². The Kier molecular flexibility index (Phi) is 7.00. The molecule has 0 aliphatic heterocycles. The minimum atomic E-state index is 0.132. The van der Waals surface area contributed by atoms with Crippen molar-refractivity contribution < 1.29 is 9.47 Å². The molecule has 0 amide bonds. The van der Waals surface area contributed by atoms with Gasteiger partial charge in [0.25, 0.3) is 0 Å². The van der Waals surface area contributed by atoms with Crippen LogP contribution in [0.25, 0.3) is 0 Å². The van der Waals surface area contributed by atoms with E-state index in [1.54, 1.807) is 7.11 Å². The van der Waals surface area contributed by atoms with Gasteiger partial charge >= 0.3 is 0 Å². The summed E-state index contributed by atoms with van der Waals surface area (Å²) in [7, 11) is 1.67. The van der Waals surface area contributed by atoms with E-state index in [9.17, 15) is 0 Å². The summed E-state index contributed by atoms with van der Waals surface area (Å²) in [6, 6.07) is 6.35. The lowest BCUT2D eigenvalue weighted by Crippen LogP contribution is -2.21. The van der Waals surface area contributed by atoms with Crippen LogP contribution in [0.2, 0.25) is 0 Å². The Morgan fingerprint density at radius 3 is 2.52 bits per heavy atom. The van der Waals surface area contributed by atoms with Crippen LogP contribution in [0.4, 0.5) is 0 Å². The quantitative estimate of drug-likeness (QED) is 0.605. The lowest BCUT2D eigenvalue weighted by Gasteiger charge is -2.23. The highest BCUT2D eigenvalue weighted by molar-refractivity contribution is 9.10. The first kappa shape index (κ1) is 16.8. The van der Waals surface area contributed by atoms with E-state index in [2.05, 4.69) is 28.1 Å². The van der Waals surface area contributed by atoms with E-state index in [1.807, 2.05) is 6.07 Å². The van der Waals surface area contributed by atoms with Crippen molar-refractivity contribution in [3.8, 4) is 5.75 Å². The molecule has 0 radical (unpaired) electrons. The maximum atomic E-state index is 6.50. The Hall–Kier alpha value is -0.580. The van der Waals surface area contributed by atoms with Crippen molar-refractivity contribution in [3.05, 3.63) is 28.2 Å². The van der Waals surface area contributed by atoms with E-state index >= 15 is 0 Å². The molecule has 1 aliphatic carbocycles. The Morgan fingerprint density at radius 2 is 1.90 bits per heavy atom. The molecular formula is C17H26BrNO2. The molecule has 21 heavy (non-hydrogen) atoms. The fourth-order valence-corrected chi connectivity index (χ4v) is 3.53. The lowest BCUT2D eigenvalue weighted by atomic mass is 9.88. The molecule has 1 aromatic carbocycles. The fraction of sp³-hybridized carbons (Fsp3) is 0.647. The largest absolute Gasteiger partial charge is 0.490 e. The van der Waals surface area contributed by atoms with Crippen molar-refractivity contribution in [3.63, 3.8) is 0 Å². The predicted octanol–water partition coefficient (Wildman–Crippen LogP) is 4.44. The Balaban J connectivity index is 2.00. The molecule has 0 bridgehead atoms. The maximum Gasteiger partial charge on any atom is 0.133 e. The number of nitrogens with two attached hydrogens (primary N) is 1. The minimum absolute atomic E-state index is 0.132. The fourth-order valence-electron chi connectivity index (χ4n) is 3.02. The first-order valence-electron chi connectivity index (χ1n) is 7.89. The lowest BCUT2D eigenvalue weighted by molar-refractivity contribution is 0.146. The molecule has 0 spiro atoms. The van der Waals surface area contributed by atoms with E-state index in [-0.39, 0.29) is 6.04 Å². The van der Waals surface area contributed by atoms with Crippen molar-refractivity contribution in [1.29, 1.82) is 0 Å². The van der Waals surface area contributed by atoms with E-state index in [1.165, 1.54) is 44.1 Å². The zero-order valence-corrected chi connectivity index (χ0v) is 14.4. The number of ether oxygens (including phenoxy) is 2. The third kappa shape index (κ3) is 4.97. The second-order valence-corrected chi connectivity index (χ2v) is 6.66. The number of halogens is 1. The van der Waals surface area contributed by atoms with Crippen molar-refractivity contribution in [2.24, 2.45) is 11.7 Å². The molecule has 2 rings (SSSR count). The molecule has 0 heterocycles. The molecule has 3 nitrogen and oxygen atoms in total. The summed E-state index contributed by atoms with van der Waals surface area (Å²) < 4.78 is 11.6. The topological polar surface area (TPSA) is 44.5 Å². The van der Waals surface area contributed by atoms with Crippen molar-refractivity contribution in [1.82, 2.24) is 0 Å². The van der Waals surface area contributed by atoms with Crippen LogP contribution >= 0.6 is 15.9 Å². The molecule has 1 unspecified atom stereocenters. The average molecular weight is 356 g/mol. The van der Waals surface area contributed by atoms with E-state index in [4.69, 9.17) is 15.2 Å². The van der Waals surface area contributed by atoms with Crippen LogP contribution in [0.3, 0.4) is 0 Å². The summed E-state index contributed by atoms with van der Waals surface area (Å²) in [4.78, 5) is 0. The predicted molar refractivity (Wildman–Crippen MR) is 89.6 cm³/mol. The van der Waals surface area contributed by atoms with Gasteiger partial charge in [0.2, 0.25) is 0 Å². The Labute approximate surface area is 136 Å². The summed E-state index contributed by atoms with van der Waals surface area (Å²) >= 11 is 3.59. The van der Waals surface area contributed by atoms with Gasteiger partial charge in [-0.25, -0.2) is 0 Å². The molecule has 2 N–H and O–H groups in total. The molecule has 1 aliphatic rings. The SMILES string of the molecule is COCCOc1ccc(C(N)C2CCCCCC2)cc1Br. The first-order valence-corrected chi connectivity index (χ1v) is 8.68. The molecule has 118 valence electrons. The minimum Gasteiger partial charge on any atom is -0.490 e. The molecular weight excluding hydrogens is 330 g/mol. The Morgan fingerprint density at radius 1 is 1.19 bits per heavy atom. The van der Waals surface area contributed by atoms with Crippen molar-refractivity contribution in [2.75, 3.05) is 20.3 Å². The normalized spacial score (nSPS) is 18.2. The monoisotopic (exact) mass is 355 g/mol. The van der Waals surface area contributed by atoms with Crippen LogP contribution in [-0.4, -0.2) is 20.3 Å². The number of hydrogen-bond donors (Lipinski definition) is 1.